The lowest BCUT2D eigenvalue weighted by Gasteiger charge is -2.48. The van der Waals surface area contributed by atoms with Crippen LogP contribution in [0.5, 0.6) is 5.88 Å². The summed E-state index contributed by atoms with van der Waals surface area (Å²) in [6.45, 7) is 1.42. The van der Waals surface area contributed by atoms with Crippen LogP contribution in [0.2, 0.25) is 5.15 Å². The second kappa shape index (κ2) is 10.3. The molecule has 0 aliphatic heterocycles. The molecule has 8 nitrogen and oxygen atoms in total. The Labute approximate surface area is 227 Å². The number of aromatic carboxylic acids is 1. The Morgan fingerprint density at radius 2 is 1.69 bits per heavy atom. The molecule has 0 bridgehead atoms. The Morgan fingerprint density at radius 1 is 1.03 bits per heavy atom. The number of rotatable bonds is 6. The lowest BCUT2D eigenvalue weighted by atomic mass is 9.85. The van der Waals surface area contributed by atoms with E-state index in [1.807, 2.05) is 0 Å². The Morgan fingerprint density at radius 3 is 2.31 bits per heavy atom. The van der Waals surface area contributed by atoms with Crippen molar-refractivity contribution >= 4 is 40.2 Å². The number of imidazole rings is 1. The molecule has 1 amide bonds. The maximum absolute atomic E-state index is 14.7. The van der Waals surface area contributed by atoms with Crippen LogP contribution in [0.1, 0.15) is 49.4 Å². The molecule has 2 heterocycles. The van der Waals surface area contributed by atoms with Gasteiger partial charge in [-0.2, -0.15) is 0 Å². The third-order valence-electron chi connectivity index (χ3n) is 7.13. The minimum Gasteiger partial charge on any atom is -0.480 e. The first kappa shape index (κ1) is 26.6. The quantitative estimate of drug-likeness (QED) is 0.277. The van der Waals surface area contributed by atoms with E-state index >= 15 is 0 Å². The zero-order valence-corrected chi connectivity index (χ0v) is 22.0. The average molecular weight is 555 g/mol. The first-order valence-electron chi connectivity index (χ1n) is 12.4. The van der Waals surface area contributed by atoms with E-state index in [4.69, 9.17) is 21.3 Å². The van der Waals surface area contributed by atoms with Crippen LogP contribution in [-0.4, -0.2) is 38.6 Å². The fraction of sp³-hybridized carbons (Fsp3) is 0.286. The number of nitrogens with zero attached hydrogens (tertiary/aromatic N) is 4. The maximum atomic E-state index is 14.7. The molecule has 0 unspecified atom stereocenters. The van der Waals surface area contributed by atoms with Gasteiger partial charge in [-0.25, -0.2) is 23.5 Å². The molecule has 1 aliphatic rings. The van der Waals surface area contributed by atoms with Crippen LogP contribution >= 0.6 is 11.6 Å². The number of carbonyl (C=O) groups excluding carboxylic acids is 1. The molecule has 0 radical (unpaired) electrons. The number of fused-ring (bicyclic) bond motifs is 1. The van der Waals surface area contributed by atoms with Crippen molar-refractivity contribution in [1.82, 2.24) is 14.5 Å². The number of aromatic nitrogens is 3. The van der Waals surface area contributed by atoms with Crippen LogP contribution in [0.25, 0.3) is 22.4 Å². The summed E-state index contributed by atoms with van der Waals surface area (Å²) in [4.78, 5) is 35.4. The van der Waals surface area contributed by atoms with Gasteiger partial charge in [-0.05, 0) is 62.1 Å². The lowest BCUT2D eigenvalue weighted by Crippen LogP contribution is -2.54. The normalized spacial score (nSPS) is 14.8. The van der Waals surface area contributed by atoms with E-state index in [9.17, 15) is 23.5 Å². The molecule has 1 N–H and O–H groups in total. The number of pyridine rings is 1. The molecule has 202 valence electrons. The highest BCUT2D eigenvalue weighted by atomic mass is 35.5. The van der Waals surface area contributed by atoms with Gasteiger partial charge in [-0.15, -0.1) is 0 Å². The number of halogens is 3. The summed E-state index contributed by atoms with van der Waals surface area (Å²) in [5, 5.41) is 9.57. The number of carboxylic acid groups (broad SMARTS) is 1. The van der Waals surface area contributed by atoms with Gasteiger partial charge in [0.1, 0.15) is 16.6 Å². The van der Waals surface area contributed by atoms with E-state index in [1.54, 1.807) is 33.7 Å². The van der Waals surface area contributed by atoms with E-state index in [0.29, 0.717) is 29.9 Å². The number of ether oxygens (including phenoxy) is 1. The Kier molecular flexibility index (Phi) is 6.98. The topological polar surface area (TPSA) is 97.6 Å². The average Bonchev–Trinajstić information content (AvgIpc) is 3.27. The third kappa shape index (κ3) is 4.58. The standard InChI is InChI=1S/C28H25ClF2N4O4/c1-16(36)34(18-8-6-17(7-9-18)27(37)38)28(12-4-3-5-13-28)35-23-15-21(31)20(30)14-22(23)32-25(35)19-10-11-24(29)33-26(19)39-2/h6-11,14-15H,3-5,12-13H2,1-2H3,(H,37,38). The van der Waals surface area contributed by atoms with Gasteiger partial charge in [0, 0.05) is 24.7 Å². The van der Waals surface area contributed by atoms with Crippen LogP contribution in [0.3, 0.4) is 0 Å². The van der Waals surface area contributed by atoms with Crippen molar-refractivity contribution in [3.05, 3.63) is 70.9 Å². The highest BCUT2D eigenvalue weighted by Gasteiger charge is 2.45. The number of methoxy groups -OCH3 is 1. The summed E-state index contributed by atoms with van der Waals surface area (Å²) in [5.41, 5.74) is 0.350. The largest absolute Gasteiger partial charge is 0.480 e. The van der Waals surface area contributed by atoms with Crippen molar-refractivity contribution in [1.29, 1.82) is 0 Å². The smallest absolute Gasteiger partial charge is 0.335 e. The molecular formula is C28H25ClF2N4O4. The summed E-state index contributed by atoms with van der Waals surface area (Å²) in [6, 6.07) is 11.3. The predicted molar refractivity (Wildman–Crippen MR) is 142 cm³/mol. The van der Waals surface area contributed by atoms with E-state index in [1.165, 1.54) is 26.2 Å². The number of carboxylic acids is 1. The maximum Gasteiger partial charge on any atom is 0.335 e. The Bertz CT molecular complexity index is 1580. The SMILES string of the molecule is COc1nc(Cl)ccc1-c1nc2cc(F)c(F)cc2n1C1(N(C(C)=O)c2ccc(C(=O)O)cc2)CCCCC1. The van der Waals surface area contributed by atoms with Crippen molar-refractivity contribution < 1.29 is 28.2 Å². The minimum atomic E-state index is -1.09. The highest BCUT2D eigenvalue weighted by Crippen LogP contribution is 2.46. The van der Waals surface area contributed by atoms with E-state index < -0.39 is 23.3 Å². The van der Waals surface area contributed by atoms with Gasteiger partial charge in [0.15, 0.2) is 11.6 Å². The fourth-order valence-corrected chi connectivity index (χ4v) is 5.69. The highest BCUT2D eigenvalue weighted by molar-refractivity contribution is 6.29. The van der Waals surface area contributed by atoms with E-state index in [2.05, 4.69) is 4.98 Å². The molecule has 4 aromatic rings. The zero-order valence-electron chi connectivity index (χ0n) is 21.2. The fourth-order valence-electron chi connectivity index (χ4n) is 5.55. The molecular weight excluding hydrogens is 530 g/mol. The third-order valence-corrected chi connectivity index (χ3v) is 7.34. The predicted octanol–water partition coefficient (Wildman–Crippen LogP) is 6.41. The number of benzene rings is 2. The van der Waals surface area contributed by atoms with Gasteiger partial charge >= 0.3 is 5.97 Å². The molecule has 1 saturated carbocycles. The molecule has 1 aliphatic carbocycles. The van der Waals surface area contributed by atoms with Crippen molar-refractivity contribution in [2.75, 3.05) is 12.0 Å². The molecule has 2 aromatic heterocycles. The first-order valence-corrected chi connectivity index (χ1v) is 12.8. The van der Waals surface area contributed by atoms with Crippen molar-refractivity contribution in [3.63, 3.8) is 0 Å². The molecule has 1 fully saturated rings. The van der Waals surface area contributed by atoms with E-state index in [-0.39, 0.29) is 33.5 Å². The van der Waals surface area contributed by atoms with Gasteiger partial charge in [0.25, 0.3) is 0 Å². The van der Waals surface area contributed by atoms with Crippen LogP contribution in [-0.2, 0) is 10.5 Å². The monoisotopic (exact) mass is 554 g/mol. The second-order valence-corrected chi connectivity index (χ2v) is 9.85. The minimum absolute atomic E-state index is 0.0724. The molecule has 39 heavy (non-hydrogen) atoms. The number of anilines is 1. The van der Waals surface area contributed by atoms with Gasteiger partial charge in [0.2, 0.25) is 11.8 Å². The van der Waals surface area contributed by atoms with Gasteiger partial charge in [0.05, 0.1) is 29.3 Å². The number of carbonyl (C=O) groups is 2. The van der Waals surface area contributed by atoms with Crippen LogP contribution in [0.4, 0.5) is 14.5 Å². The summed E-state index contributed by atoms with van der Waals surface area (Å²) < 4.78 is 36.4. The molecule has 0 atom stereocenters. The van der Waals surface area contributed by atoms with Crippen LogP contribution in [0.15, 0.2) is 48.5 Å². The second-order valence-electron chi connectivity index (χ2n) is 9.47. The van der Waals surface area contributed by atoms with Crippen molar-refractivity contribution in [2.45, 2.75) is 44.7 Å². The van der Waals surface area contributed by atoms with E-state index in [0.717, 1.165) is 31.4 Å². The Hall–Kier alpha value is -4.05. The summed E-state index contributed by atoms with van der Waals surface area (Å²) in [7, 11) is 1.43. The summed E-state index contributed by atoms with van der Waals surface area (Å²) in [6.07, 6.45) is 3.37. The molecule has 0 spiro atoms. The summed E-state index contributed by atoms with van der Waals surface area (Å²) >= 11 is 6.11. The zero-order chi connectivity index (χ0) is 27.9. The number of amides is 1. The Balaban J connectivity index is 1.86. The van der Waals surface area contributed by atoms with Gasteiger partial charge in [-0.3, -0.25) is 14.3 Å². The summed E-state index contributed by atoms with van der Waals surface area (Å²) in [5.74, 6) is -3.05. The molecule has 11 heteroatoms. The van der Waals surface area contributed by atoms with Crippen molar-refractivity contribution in [2.24, 2.45) is 0 Å². The van der Waals surface area contributed by atoms with Crippen LogP contribution in [0, 0.1) is 11.6 Å². The molecule has 0 saturated heterocycles. The van der Waals surface area contributed by atoms with Crippen LogP contribution < -0.4 is 9.64 Å². The number of hydrogen-bond acceptors (Lipinski definition) is 5. The molecule has 5 rings (SSSR count). The number of hydrogen-bond donors (Lipinski definition) is 1. The van der Waals surface area contributed by atoms with Gasteiger partial charge in [-0.1, -0.05) is 18.0 Å². The first-order chi connectivity index (χ1) is 18.7. The lowest BCUT2D eigenvalue weighted by molar-refractivity contribution is -0.119. The van der Waals surface area contributed by atoms with Gasteiger partial charge < -0.3 is 9.84 Å². The van der Waals surface area contributed by atoms with Crippen molar-refractivity contribution in [3.8, 4) is 17.3 Å². The molecule has 2 aromatic carbocycles.